The molecule has 0 saturated heterocycles. The van der Waals surface area contributed by atoms with Crippen molar-refractivity contribution < 1.29 is 0 Å². The van der Waals surface area contributed by atoms with Crippen LogP contribution in [0.1, 0.15) is 58.6 Å². The van der Waals surface area contributed by atoms with Crippen molar-refractivity contribution in [3.8, 4) is 0 Å². The lowest BCUT2D eigenvalue weighted by molar-refractivity contribution is 0.290. The van der Waals surface area contributed by atoms with E-state index >= 15 is 0 Å². The van der Waals surface area contributed by atoms with Crippen molar-refractivity contribution in [2.24, 2.45) is 5.92 Å². The Balaban J connectivity index is 2.05. The average Bonchev–Trinajstić information content (AvgIpc) is 2.54. The van der Waals surface area contributed by atoms with Gasteiger partial charge in [-0.15, -0.1) is 0 Å². The standard InChI is InChI=1S/C22H30/c1-18(22(4,5)20-14-10-7-11-15-20)16-17-21(2,3)19-12-8-6-9-13-19/h6-15,18H,16-17H2,1-5H3. The molecule has 2 aromatic carbocycles. The minimum atomic E-state index is 0.216. The summed E-state index contributed by atoms with van der Waals surface area (Å²) in [5.41, 5.74) is 3.34. The number of hydrogen-bond acceptors (Lipinski definition) is 0. The van der Waals surface area contributed by atoms with Gasteiger partial charge in [-0.2, -0.15) is 0 Å². The average molecular weight is 294 g/mol. The minimum Gasteiger partial charge on any atom is -0.0622 e. The normalized spacial score (nSPS) is 13.9. The Morgan fingerprint density at radius 1 is 0.727 bits per heavy atom. The van der Waals surface area contributed by atoms with E-state index in [9.17, 15) is 0 Å². The van der Waals surface area contributed by atoms with Crippen molar-refractivity contribution in [2.45, 2.75) is 58.3 Å². The number of rotatable bonds is 6. The molecule has 118 valence electrons. The summed E-state index contributed by atoms with van der Waals surface area (Å²) in [7, 11) is 0. The molecule has 0 saturated carbocycles. The van der Waals surface area contributed by atoms with Gasteiger partial charge in [0, 0.05) is 0 Å². The van der Waals surface area contributed by atoms with E-state index in [-0.39, 0.29) is 10.8 Å². The molecule has 22 heavy (non-hydrogen) atoms. The van der Waals surface area contributed by atoms with Crippen LogP contribution in [0.25, 0.3) is 0 Å². The summed E-state index contributed by atoms with van der Waals surface area (Å²) >= 11 is 0. The molecule has 0 spiro atoms. The van der Waals surface area contributed by atoms with Crippen LogP contribution in [0, 0.1) is 5.92 Å². The van der Waals surface area contributed by atoms with Crippen LogP contribution in [-0.4, -0.2) is 0 Å². The molecule has 0 N–H and O–H groups in total. The Morgan fingerprint density at radius 3 is 1.68 bits per heavy atom. The van der Waals surface area contributed by atoms with Crippen LogP contribution in [0.4, 0.5) is 0 Å². The van der Waals surface area contributed by atoms with E-state index in [4.69, 9.17) is 0 Å². The smallest absolute Gasteiger partial charge is 0.00779 e. The van der Waals surface area contributed by atoms with E-state index < -0.39 is 0 Å². The maximum atomic E-state index is 2.40. The van der Waals surface area contributed by atoms with Crippen LogP contribution in [0.15, 0.2) is 60.7 Å². The van der Waals surface area contributed by atoms with Crippen molar-refractivity contribution >= 4 is 0 Å². The van der Waals surface area contributed by atoms with Gasteiger partial charge in [-0.05, 0) is 40.7 Å². The summed E-state index contributed by atoms with van der Waals surface area (Å²) in [6, 6.07) is 21.8. The topological polar surface area (TPSA) is 0 Å². The molecule has 0 aliphatic carbocycles. The molecule has 0 bridgehead atoms. The molecule has 0 nitrogen and oxygen atoms in total. The Labute approximate surface area is 136 Å². The molecular formula is C22H30. The summed E-state index contributed by atoms with van der Waals surface area (Å²) < 4.78 is 0. The summed E-state index contributed by atoms with van der Waals surface area (Å²) in [4.78, 5) is 0. The molecular weight excluding hydrogens is 264 g/mol. The molecule has 1 unspecified atom stereocenters. The van der Waals surface area contributed by atoms with Crippen molar-refractivity contribution in [1.82, 2.24) is 0 Å². The lowest BCUT2D eigenvalue weighted by Gasteiger charge is -2.35. The van der Waals surface area contributed by atoms with Gasteiger partial charge in [-0.1, -0.05) is 95.3 Å². The molecule has 0 aliphatic heterocycles. The zero-order chi connectivity index (χ0) is 16.2. The fraction of sp³-hybridized carbons (Fsp3) is 0.455. The number of hydrogen-bond donors (Lipinski definition) is 0. The second kappa shape index (κ2) is 6.69. The molecule has 0 aliphatic rings. The van der Waals surface area contributed by atoms with Gasteiger partial charge in [0.2, 0.25) is 0 Å². The first-order valence-electron chi connectivity index (χ1n) is 8.45. The number of benzene rings is 2. The monoisotopic (exact) mass is 294 g/mol. The quantitative estimate of drug-likeness (QED) is 0.581. The summed E-state index contributed by atoms with van der Waals surface area (Å²) in [5, 5.41) is 0. The maximum Gasteiger partial charge on any atom is -0.00779 e. The van der Waals surface area contributed by atoms with E-state index in [0.29, 0.717) is 5.92 Å². The lowest BCUT2D eigenvalue weighted by Crippen LogP contribution is -2.28. The van der Waals surface area contributed by atoms with Crippen LogP contribution in [0.3, 0.4) is 0 Å². The zero-order valence-corrected chi connectivity index (χ0v) is 14.8. The van der Waals surface area contributed by atoms with Crippen LogP contribution >= 0.6 is 0 Å². The van der Waals surface area contributed by atoms with E-state index in [1.807, 2.05) is 0 Å². The van der Waals surface area contributed by atoms with E-state index in [1.54, 1.807) is 0 Å². The summed E-state index contributed by atoms with van der Waals surface area (Å²) in [5.74, 6) is 0.651. The summed E-state index contributed by atoms with van der Waals surface area (Å²) in [6.07, 6.45) is 2.46. The largest absolute Gasteiger partial charge is 0.0622 e. The van der Waals surface area contributed by atoms with Crippen molar-refractivity contribution in [3.63, 3.8) is 0 Å². The summed E-state index contributed by atoms with van der Waals surface area (Å²) in [6.45, 7) is 11.9. The van der Waals surface area contributed by atoms with Crippen molar-refractivity contribution in [1.29, 1.82) is 0 Å². The van der Waals surface area contributed by atoms with Crippen LogP contribution in [0.2, 0.25) is 0 Å². The van der Waals surface area contributed by atoms with E-state index in [1.165, 1.54) is 24.0 Å². The van der Waals surface area contributed by atoms with Gasteiger partial charge in [-0.3, -0.25) is 0 Å². The fourth-order valence-corrected chi connectivity index (χ4v) is 3.12. The highest BCUT2D eigenvalue weighted by molar-refractivity contribution is 5.25. The molecule has 1 atom stereocenters. The van der Waals surface area contributed by atoms with Gasteiger partial charge >= 0.3 is 0 Å². The molecule has 2 aromatic rings. The molecule has 0 heteroatoms. The second-order valence-electron chi connectivity index (χ2n) is 7.78. The molecule has 2 rings (SSSR count). The predicted octanol–water partition coefficient (Wildman–Crippen LogP) is 6.36. The maximum absolute atomic E-state index is 2.40. The third kappa shape index (κ3) is 3.80. The third-order valence-corrected chi connectivity index (χ3v) is 5.51. The first-order valence-corrected chi connectivity index (χ1v) is 8.45. The molecule has 0 aromatic heterocycles. The van der Waals surface area contributed by atoms with Gasteiger partial charge < -0.3 is 0 Å². The van der Waals surface area contributed by atoms with Gasteiger partial charge in [0.1, 0.15) is 0 Å². The Bertz CT molecular complexity index is 564. The van der Waals surface area contributed by atoms with Crippen molar-refractivity contribution in [2.75, 3.05) is 0 Å². The highest BCUT2D eigenvalue weighted by Crippen LogP contribution is 2.37. The Hall–Kier alpha value is -1.56. The van der Waals surface area contributed by atoms with Gasteiger partial charge in [0.25, 0.3) is 0 Å². The molecule has 0 radical (unpaired) electrons. The second-order valence-corrected chi connectivity index (χ2v) is 7.78. The van der Waals surface area contributed by atoms with Crippen LogP contribution in [0.5, 0.6) is 0 Å². The Morgan fingerprint density at radius 2 is 1.18 bits per heavy atom. The Kier molecular flexibility index (Phi) is 5.11. The molecule has 0 heterocycles. The first-order chi connectivity index (χ1) is 10.3. The third-order valence-electron chi connectivity index (χ3n) is 5.51. The molecule has 0 amide bonds. The fourth-order valence-electron chi connectivity index (χ4n) is 3.12. The van der Waals surface area contributed by atoms with Gasteiger partial charge in [0.05, 0.1) is 0 Å². The van der Waals surface area contributed by atoms with E-state index in [0.717, 1.165) is 0 Å². The first kappa shape index (κ1) is 16.8. The van der Waals surface area contributed by atoms with Gasteiger partial charge in [-0.25, -0.2) is 0 Å². The SMILES string of the molecule is CC(CCC(C)(C)c1ccccc1)C(C)(C)c1ccccc1. The zero-order valence-electron chi connectivity index (χ0n) is 14.8. The van der Waals surface area contributed by atoms with Crippen molar-refractivity contribution in [3.05, 3.63) is 71.8 Å². The van der Waals surface area contributed by atoms with Gasteiger partial charge in [0.15, 0.2) is 0 Å². The molecule has 0 fully saturated rings. The lowest BCUT2D eigenvalue weighted by atomic mass is 9.69. The highest BCUT2D eigenvalue weighted by atomic mass is 14.3. The highest BCUT2D eigenvalue weighted by Gasteiger charge is 2.30. The van der Waals surface area contributed by atoms with E-state index in [2.05, 4.69) is 95.3 Å². The predicted molar refractivity (Wildman–Crippen MR) is 97.3 cm³/mol. The minimum absolute atomic E-state index is 0.216. The van der Waals surface area contributed by atoms with Crippen LogP contribution in [-0.2, 0) is 10.8 Å². The van der Waals surface area contributed by atoms with Crippen LogP contribution < -0.4 is 0 Å².